The van der Waals surface area contributed by atoms with Gasteiger partial charge in [-0.25, -0.2) is 0 Å². The molecule has 0 aromatic rings. The molecule has 0 aromatic carbocycles. The molecule has 1 aliphatic heterocycles. The summed E-state index contributed by atoms with van der Waals surface area (Å²) >= 11 is 0. The third-order valence-electron chi connectivity index (χ3n) is 2.63. The molecular weight excluding hydrogens is 194 g/mol. The summed E-state index contributed by atoms with van der Waals surface area (Å²) in [5.74, 6) is -0.0877. The minimum absolute atomic E-state index is 0.00301. The molecule has 2 amide bonds. The molecule has 1 heterocycles. The van der Waals surface area contributed by atoms with Gasteiger partial charge in [-0.1, -0.05) is 0 Å². The summed E-state index contributed by atoms with van der Waals surface area (Å²) in [6, 6.07) is -0.566. The van der Waals surface area contributed by atoms with Crippen LogP contribution in [0.25, 0.3) is 0 Å². The summed E-state index contributed by atoms with van der Waals surface area (Å²) in [5.41, 5.74) is 0. The molecule has 15 heavy (non-hydrogen) atoms. The van der Waals surface area contributed by atoms with Gasteiger partial charge in [0.1, 0.15) is 0 Å². The Hall–Kier alpha value is -1.10. The van der Waals surface area contributed by atoms with Crippen LogP contribution in [0.1, 0.15) is 26.2 Å². The molecule has 1 rings (SSSR count). The molecular formula is C10H19N3O2. The van der Waals surface area contributed by atoms with Crippen LogP contribution in [-0.2, 0) is 9.59 Å². The van der Waals surface area contributed by atoms with Crippen molar-refractivity contribution in [3.8, 4) is 0 Å². The van der Waals surface area contributed by atoms with E-state index in [-0.39, 0.29) is 23.9 Å². The number of hydrogen-bond acceptors (Lipinski definition) is 3. The van der Waals surface area contributed by atoms with E-state index in [1.54, 1.807) is 14.0 Å². The molecule has 0 bridgehead atoms. The van der Waals surface area contributed by atoms with Crippen LogP contribution >= 0.6 is 0 Å². The summed E-state index contributed by atoms with van der Waals surface area (Å²) < 4.78 is 0. The van der Waals surface area contributed by atoms with E-state index in [1.807, 2.05) is 0 Å². The van der Waals surface area contributed by atoms with E-state index in [4.69, 9.17) is 0 Å². The van der Waals surface area contributed by atoms with E-state index in [9.17, 15) is 9.59 Å². The zero-order valence-corrected chi connectivity index (χ0v) is 9.30. The Morgan fingerprint density at radius 2 is 2.27 bits per heavy atom. The van der Waals surface area contributed by atoms with Gasteiger partial charge < -0.3 is 10.6 Å². The Morgan fingerprint density at radius 1 is 1.53 bits per heavy atom. The van der Waals surface area contributed by atoms with Crippen LogP contribution in [0.15, 0.2) is 0 Å². The van der Waals surface area contributed by atoms with Gasteiger partial charge in [0.25, 0.3) is 0 Å². The normalized spacial score (nSPS) is 23.9. The van der Waals surface area contributed by atoms with Crippen LogP contribution in [0.5, 0.6) is 0 Å². The van der Waals surface area contributed by atoms with Crippen LogP contribution in [-0.4, -0.2) is 37.5 Å². The van der Waals surface area contributed by atoms with Gasteiger partial charge in [-0.2, -0.15) is 0 Å². The molecule has 0 aliphatic carbocycles. The second-order valence-electron chi connectivity index (χ2n) is 3.84. The van der Waals surface area contributed by atoms with Gasteiger partial charge >= 0.3 is 0 Å². The fourth-order valence-corrected chi connectivity index (χ4v) is 1.69. The van der Waals surface area contributed by atoms with Gasteiger partial charge in [-0.3, -0.25) is 14.9 Å². The van der Waals surface area contributed by atoms with E-state index < -0.39 is 0 Å². The Balaban J connectivity index is 2.47. The van der Waals surface area contributed by atoms with Crippen LogP contribution in [0.3, 0.4) is 0 Å². The maximum Gasteiger partial charge on any atom is 0.237 e. The fourth-order valence-electron chi connectivity index (χ4n) is 1.69. The highest BCUT2D eigenvalue weighted by atomic mass is 16.2. The minimum atomic E-state index is -0.330. The lowest BCUT2D eigenvalue weighted by Crippen LogP contribution is -2.51. The highest BCUT2D eigenvalue weighted by Crippen LogP contribution is 2.06. The van der Waals surface area contributed by atoms with Crippen molar-refractivity contribution in [3.63, 3.8) is 0 Å². The number of nitrogens with one attached hydrogen (secondary N) is 3. The summed E-state index contributed by atoms with van der Waals surface area (Å²) in [7, 11) is 1.59. The van der Waals surface area contributed by atoms with Crippen molar-refractivity contribution >= 4 is 11.8 Å². The van der Waals surface area contributed by atoms with E-state index in [1.165, 1.54) is 0 Å². The van der Waals surface area contributed by atoms with E-state index in [0.717, 1.165) is 25.8 Å². The minimum Gasteiger partial charge on any atom is -0.358 e. The molecule has 1 aliphatic rings. The van der Waals surface area contributed by atoms with Gasteiger partial charge in [-0.15, -0.1) is 0 Å². The maximum atomic E-state index is 11.6. The predicted octanol–water partition coefficient (Wildman–Crippen LogP) is -0.621. The molecule has 0 aromatic heterocycles. The molecule has 0 spiro atoms. The van der Waals surface area contributed by atoms with Crippen molar-refractivity contribution < 1.29 is 9.59 Å². The van der Waals surface area contributed by atoms with Crippen molar-refractivity contribution in [1.29, 1.82) is 0 Å². The van der Waals surface area contributed by atoms with Crippen LogP contribution in [0.2, 0.25) is 0 Å². The smallest absolute Gasteiger partial charge is 0.237 e. The zero-order valence-electron chi connectivity index (χ0n) is 9.30. The van der Waals surface area contributed by atoms with E-state index in [2.05, 4.69) is 16.0 Å². The third-order valence-corrected chi connectivity index (χ3v) is 2.63. The lowest BCUT2D eigenvalue weighted by Gasteiger charge is -2.19. The highest BCUT2D eigenvalue weighted by molar-refractivity contribution is 5.85. The van der Waals surface area contributed by atoms with Crippen molar-refractivity contribution in [3.05, 3.63) is 0 Å². The zero-order chi connectivity index (χ0) is 11.3. The number of rotatable bonds is 3. The number of likely N-dealkylation sites (N-methyl/N-ethyl adjacent to an activating group) is 1. The summed E-state index contributed by atoms with van der Waals surface area (Å²) in [6.07, 6.45) is 2.82. The maximum absolute atomic E-state index is 11.6. The summed E-state index contributed by atoms with van der Waals surface area (Å²) in [6.45, 7) is 2.50. The second kappa shape index (κ2) is 5.70. The van der Waals surface area contributed by atoms with Crippen molar-refractivity contribution in [2.75, 3.05) is 13.6 Å². The molecule has 1 saturated heterocycles. The Bertz CT molecular complexity index is 243. The molecule has 2 atom stereocenters. The third kappa shape index (κ3) is 3.51. The standard InChI is InChI=1S/C10H19N3O2/c1-7(9(14)11-2)13-8-5-3-4-6-12-10(8)15/h7-8,13H,3-6H2,1-2H3,(H,11,14)(H,12,15). The largest absolute Gasteiger partial charge is 0.358 e. The average Bonchev–Trinajstić information content (AvgIpc) is 2.43. The molecule has 1 fully saturated rings. The second-order valence-corrected chi connectivity index (χ2v) is 3.84. The molecule has 5 nitrogen and oxygen atoms in total. The van der Waals surface area contributed by atoms with Gasteiger partial charge in [0, 0.05) is 13.6 Å². The fraction of sp³-hybridized carbons (Fsp3) is 0.800. The van der Waals surface area contributed by atoms with Crippen molar-refractivity contribution in [1.82, 2.24) is 16.0 Å². The molecule has 5 heteroatoms. The molecule has 0 radical (unpaired) electrons. The number of hydrogen-bond donors (Lipinski definition) is 3. The van der Waals surface area contributed by atoms with Crippen LogP contribution in [0, 0.1) is 0 Å². The number of carbonyl (C=O) groups is 2. The number of amides is 2. The van der Waals surface area contributed by atoms with Gasteiger partial charge in [0.05, 0.1) is 12.1 Å². The lowest BCUT2D eigenvalue weighted by molar-refractivity contribution is -0.125. The first-order valence-electron chi connectivity index (χ1n) is 5.40. The number of carbonyl (C=O) groups excluding carboxylic acids is 2. The predicted molar refractivity (Wildman–Crippen MR) is 57.3 cm³/mol. The van der Waals surface area contributed by atoms with Gasteiger partial charge in [-0.05, 0) is 26.2 Å². The SMILES string of the molecule is CNC(=O)C(C)NC1CCCCNC1=O. The molecule has 86 valence electrons. The van der Waals surface area contributed by atoms with E-state index >= 15 is 0 Å². The molecule has 3 N–H and O–H groups in total. The molecule has 0 saturated carbocycles. The Labute approximate surface area is 90.0 Å². The first kappa shape index (κ1) is 12.0. The highest BCUT2D eigenvalue weighted by Gasteiger charge is 2.23. The van der Waals surface area contributed by atoms with Gasteiger partial charge in [0.2, 0.25) is 11.8 Å². The quantitative estimate of drug-likeness (QED) is 0.585. The summed E-state index contributed by atoms with van der Waals surface area (Å²) in [4.78, 5) is 22.8. The lowest BCUT2D eigenvalue weighted by atomic mass is 10.1. The summed E-state index contributed by atoms with van der Waals surface area (Å²) in [5, 5.41) is 8.41. The average molecular weight is 213 g/mol. The topological polar surface area (TPSA) is 70.2 Å². The molecule has 2 unspecified atom stereocenters. The first-order chi connectivity index (χ1) is 7.15. The van der Waals surface area contributed by atoms with Gasteiger partial charge in [0.15, 0.2) is 0 Å². The monoisotopic (exact) mass is 213 g/mol. The Morgan fingerprint density at radius 3 is 2.93 bits per heavy atom. The van der Waals surface area contributed by atoms with E-state index in [0.29, 0.717) is 0 Å². The Kier molecular flexibility index (Phi) is 4.55. The van der Waals surface area contributed by atoms with Crippen LogP contribution in [0.4, 0.5) is 0 Å². The van der Waals surface area contributed by atoms with Crippen LogP contribution < -0.4 is 16.0 Å². The van der Waals surface area contributed by atoms with Crippen molar-refractivity contribution in [2.45, 2.75) is 38.3 Å². The van der Waals surface area contributed by atoms with Crippen molar-refractivity contribution in [2.24, 2.45) is 0 Å². The first-order valence-corrected chi connectivity index (χ1v) is 5.40.